The number of carbonyl (C=O) groups is 1. The number of hydrogen-bond donors (Lipinski definition) is 1. The van der Waals surface area contributed by atoms with E-state index in [1.807, 2.05) is 19.1 Å². The molecule has 3 heterocycles. The Morgan fingerprint density at radius 3 is 2.49 bits per heavy atom. The summed E-state index contributed by atoms with van der Waals surface area (Å²) in [5, 5.41) is 3.63. The van der Waals surface area contributed by atoms with E-state index >= 15 is 0 Å². The summed E-state index contributed by atoms with van der Waals surface area (Å²) < 4.78 is 15.0. The van der Waals surface area contributed by atoms with Crippen LogP contribution in [0.15, 0.2) is 66.9 Å². The number of amides is 1. The minimum absolute atomic E-state index is 0.149. The lowest BCUT2D eigenvalue weighted by atomic mass is 9.89. The Bertz CT molecular complexity index is 1330. The zero-order valence-electron chi connectivity index (χ0n) is 19.7. The molecule has 2 aromatic carbocycles. The van der Waals surface area contributed by atoms with Gasteiger partial charge in [0.25, 0.3) is 5.91 Å². The lowest BCUT2D eigenvalue weighted by molar-refractivity contribution is 0.0944. The number of imidazole rings is 1. The molecular formula is C28H28ClFN4O. The number of aryl methyl sites for hydroxylation is 1. The van der Waals surface area contributed by atoms with Crippen molar-refractivity contribution in [2.45, 2.75) is 38.6 Å². The van der Waals surface area contributed by atoms with E-state index < -0.39 is 0 Å². The quantitative estimate of drug-likeness (QED) is 0.360. The molecule has 2 aromatic heterocycles. The van der Waals surface area contributed by atoms with Gasteiger partial charge in [0.2, 0.25) is 0 Å². The zero-order chi connectivity index (χ0) is 24.4. The first-order valence-electron chi connectivity index (χ1n) is 12.1. The molecule has 1 saturated heterocycles. The van der Waals surface area contributed by atoms with Gasteiger partial charge < -0.3 is 10.2 Å². The maximum atomic E-state index is 13.2. The van der Waals surface area contributed by atoms with Gasteiger partial charge in [-0.25, -0.2) is 9.37 Å². The summed E-state index contributed by atoms with van der Waals surface area (Å²) in [6.07, 6.45) is 4.54. The largest absolute Gasteiger partial charge is 0.371 e. The Balaban J connectivity index is 1.19. The van der Waals surface area contributed by atoms with Crippen molar-refractivity contribution >= 4 is 28.8 Å². The van der Waals surface area contributed by atoms with Crippen LogP contribution in [-0.2, 0) is 13.0 Å². The number of carbonyl (C=O) groups excluding carboxylic acids is 1. The number of fused-ring (bicyclic) bond motifs is 1. The van der Waals surface area contributed by atoms with Gasteiger partial charge in [-0.3, -0.25) is 9.20 Å². The fourth-order valence-electron chi connectivity index (χ4n) is 4.85. The summed E-state index contributed by atoms with van der Waals surface area (Å²) in [7, 11) is 0. The van der Waals surface area contributed by atoms with Gasteiger partial charge in [-0.05, 0) is 66.6 Å². The number of nitrogens with zero attached hydrogens (tertiary/aromatic N) is 3. The Hall–Kier alpha value is -3.38. The van der Waals surface area contributed by atoms with Crippen LogP contribution < -0.4 is 10.2 Å². The summed E-state index contributed by atoms with van der Waals surface area (Å²) in [6, 6.07) is 18.8. The van der Waals surface area contributed by atoms with E-state index in [0.29, 0.717) is 35.2 Å². The first-order valence-corrected chi connectivity index (χ1v) is 12.4. The second-order valence-corrected chi connectivity index (χ2v) is 9.43. The van der Waals surface area contributed by atoms with Gasteiger partial charge in [0.15, 0.2) is 0 Å². The van der Waals surface area contributed by atoms with Crippen molar-refractivity contribution in [3.8, 4) is 0 Å². The molecule has 0 atom stereocenters. The average Bonchev–Trinajstić information content (AvgIpc) is 3.26. The average molecular weight is 491 g/mol. The summed E-state index contributed by atoms with van der Waals surface area (Å²) in [5.41, 5.74) is 5.43. The normalized spacial score (nSPS) is 14.4. The van der Waals surface area contributed by atoms with Gasteiger partial charge >= 0.3 is 0 Å². The molecule has 180 valence electrons. The van der Waals surface area contributed by atoms with Crippen LogP contribution in [0.1, 0.15) is 53.0 Å². The highest BCUT2D eigenvalue weighted by Gasteiger charge is 2.21. The molecule has 5 rings (SSSR count). The van der Waals surface area contributed by atoms with Gasteiger partial charge in [0, 0.05) is 42.6 Å². The van der Waals surface area contributed by atoms with E-state index in [-0.39, 0.29) is 11.7 Å². The van der Waals surface area contributed by atoms with Crippen molar-refractivity contribution in [1.29, 1.82) is 0 Å². The number of aromatic nitrogens is 2. The summed E-state index contributed by atoms with van der Waals surface area (Å²) >= 11 is 6.08. The number of nitrogens with one attached hydrogen (secondary N) is 1. The molecule has 1 amide bonds. The molecule has 0 saturated carbocycles. The van der Waals surface area contributed by atoms with Crippen LogP contribution in [0, 0.1) is 5.82 Å². The summed E-state index contributed by atoms with van der Waals surface area (Å²) in [5.74, 6) is 0.144. The predicted molar refractivity (Wildman–Crippen MR) is 138 cm³/mol. The van der Waals surface area contributed by atoms with E-state index in [9.17, 15) is 9.18 Å². The molecule has 0 bridgehead atoms. The Kier molecular flexibility index (Phi) is 6.73. The number of benzene rings is 2. The highest BCUT2D eigenvalue weighted by atomic mass is 35.5. The molecule has 0 aliphatic carbocycles. The standard InChI is InChI=1S/C28H28ClFN4O/c1-2-25-27(34-16-13-22(29)17-26(34)32-25)28(35)31-18-19-3-9-24(10-4-19)33-14-11-21(12-15-33)20-5-7-23(30)8-6-20/h3-10,13,16-17,21H,2,11-12,14-15,18H2,1H3,(H,31,35). The Morgan fingerprint density at radius 2 is 1.80 bits per heavy atom. The molecule has 0 unspecified atom stereocenters. The van der Waals surface area contributed by atoms with Gasteiger partial charge in [-0.1, -0.05) is 42.8 Å². The van der Waals surface area contributed by atoms with Gasteiger partial charge in [0.1, 0.15) is 17.2 Å². The van der Waals surface area contributed by atoms with Crippen molar-refractivity contribution in [2.24, 2.45) is 0 Å². The van der Waals surface area contributed by atoms with Crippen molar-refractivity contribution in [3.63, 3.8) is 0 Å². The van der Waals surface area contributed by atoms with Crippen molar-refractivity contribution in [3.05, 3.63) is 100 Å². The summed E-state index contributed by atoms with van der Waals surface area (Å²) in [4.78, 5) is 19.9. The van der Waals surface area contributed by atoms with Crippen molar-refractivity contribution in [1.82, 2.24) is 14.7 Å². The fraction of sp³-hybridized carbons (Fsp3) is 0.286. The van der Waals surface area contributed by atoms with Gasteiger partial charge in [-0.15, -0.1) is 0 Å². The first kappa shape index (κ1) is 23.4. The SMILES string of the molecule is CCc1nc2cc(Cl)ccn2c1C(=O)NCc1ccc(N2CCC(c3ccc(F)cc3)CC2)cc1. The highest BCUT2D eigenvalue weighted by Crippen LogP contribution is 2.30. The predicted octanol–water partition coefficient (Wildman–Crippen LogP) is 6.00. The van der Waals surface area contributed by atoms with Crippen LogP contribution in [0.25, 0.3) is 5.65 Å². The highest BCUT2D eigenvalue weighted by molar-refractivity contribution is 6.30. The van der Waals surface area contributed by atoms with Crippen LogP contribution in [-0.4, -0.2) is 28.4 Å². The Labute approximate surface area is 209 Å². The third-order valence-corrected chi connectivity index (χ3v) is 7.04. The number of piperidine rings is 1. The number of halogens is 2. The molecule has 5 nitrogen and oxygen atoms in total. The van der Waals surface area contributed by atoms with Crippen LogP contribution in [0.5, 0.6) is 0 Å². The number of anilines is 1. The maximum absolute atomic E-state index is 13.2. The summed E-state index contributed by atoms with van der Waals surface area (Å²) in [6.45, 7) is 4.36. The first-order chi connectivity index (χ1) is 17.0. The number of hydrogen-bond acceptors (Lipinski definition) is 3. The molecule has 4 aromatic rings. The third-order valence-electron chi connectivity index (χ3n) is 6.80. The molecule has 7 heteroatoms. The second kappa shape index (κ2) is 10.1. The molecule has 0 spiro atoms. The van der Waals surface area contributed by atoms with E-state index in [0.717, 1.165) is 37.2 Å². The van der Waals surface area contributed by atoms with Crippen LogP contribution in [0.2, 0.25) is 5.02 Å². The van der Waals surface area contributed by atoms with Crippen molar-refractivity contribution < 1.29 is 9.18 Å². The van der Waals surface area contributed by atoms with Gasteiger partial charge in [-0.2, -0.15) is 0 Å². The van der Waals surface area contributed by atoms with E-state index in [1.54, 1.807) is 34.9 Å². The molecule has 1 fully saturated rings. The van der Waals surface area contributed by atoms with Crippen LogP contribution >= 0.6 is 11.6 Å². The maximum Gasteiger partial charge on any atom is 0.270 e. The minimum atomic E-state index is -0.184. The van der Waals surface area contributed by atoms with Crippen LogP contribution in [0.3, 0.4) is 0 Å². The smallest absolute Gasteiger partial charge is 0.270 e. The zero-order valence-corrected chi connectivity index (χ0v) is 20.4. The molecule has 35 heavy (non-hydrogen) atoms. The number of pyridine rings is 1. The van der Waals surface area contributed by atoms with Crippen LogP contribution in [0.4, 0.5) is 10.1 Å². The lowest BCUT2D eigenvalue weighted by Gasteiger charge is -2.34. The Morgan fingerprint density at radius 1 is 1.09 bits per heavy atom. The fourth-order valence-corrected chi connectivity index (χ4v) is 5.01. The van der Waals surface area contributed by atoms with E-state index in [4.69, 9.17) is 11.6 Å². The molecule has 0 radical (unpaired) electrons. The number of rotatable bonds is 6. The lowest BCUT2D eigenvalue weighted by Crippen LogP contribution is -2.32. The van der Waals surface area contributed by atoms with Gasteiger partial charge in [0.05, 0.1) is 5.69 Å². The van der Waals surface area contributed by atoms with Crippen molar-refractivity contribution in [2.75, 3.05) is 18.0 Å². The molecule has 1 N–H and O–H groups in total. The molecule has 1 aliphatic rings. The molecule has 1 aliphatic heterocycles. The molecular weight excluding hydrogens is 463 g/mol. The monoisotopic (exact) mass is 490 g/mol. The second-order valence-electron chi connectivity index (χ2n) is 9.00. The third kappa shape index (κ3) is 5.03. The minimum Gasteiger partial charge on any atom is -0.371 e. The topological polar surface area (TPSA) is 49.6 Å². The van der Waals surface area contributed by atoms with E-state index in [2.05, 4.69) is 39.5 Å². The van der Waals surface area contributed by atoms with E-state index in [1.165, 1.54) is 11.3 Å².